The van der Waals surface area contributed by atoms with Crippen molar-refractivity contribution >= 4 is 17.7 Å². The molecule has 25 heavy (non-hydrogen) atoms. The number of amides is 1. The van der Waals surface area contributed by atoms with Gasteiger partial charge < -0.3 is 20.9 Å². The lowest BCUT2D eigenvalue weighted by Crippen LogP contribution is -2.51. The molecule has 1 aliphatic carbocycles. The molecule has 0 aliphatic heterocycles. The highest BCUT2D eigenvalue weighted by Gasteiger charge is 2.38. The van der Waals surface area contributed by atoms with Crippen molar-refractivity contribution in [3.8, 4) is 0 Å². The van der Waals surface area contributed by atoms with E-state index in [2.05, 4.69) is 5.32 Å². The number of nitrogens with two attached hydrogens (primary N) is 1. The largest absolute Gasteiger partial charge is 0.480 e. The van der Waals surface area contributed by atoms with Crippen LogP contribution in [-0.4, -0.2) is 34.2 Å². The molecule has 1 fully saturated rings. The fraction of sp³-hybridized carbons (Fsp3) is 0.500. The Balaban J connectivity index is 1.69. The number of alkyl carbamates (subject to hydrolysis) is 1. The number of nitrogens with one attached hydrogen (secondary N) is 1. The van der Waals surface area contributed by atoms with Crippen LogP contribution < -0.4 is 11.1 Å². The van der Waals surface area contributed by atoms with Gasteiger partial charge in [0.2, 0.25) is 0 Å². The van der Waals surface area contributed by atoms with E-state index in [-0.39, 0.29) is 18.2 Å². The molecular formula is C16H21N3O6. The molecule has 9 heteroatoms. The molecule has 0 atom stereocenters. The third-order valence-electron chi connectivity index (χ3n) is 4.48. The summed E-state index contributed by atoms with van der Waals surface area (Å²) in [5.41, 5.74) is 5.27. The van der Waals surface area contributed by atoms with Crippen molar-refractivity contribution in [1.29, 1.82) is 0 Å². The molecule has 2 rings (SSSR count). The first-order valence-electron chi connectivity index (χ1n) is 7.96. The minimum Gasteiger partial charge on any atom is -0.480 e. The van der Waals surface area contributed by atoms with Crippen LogP contribution in [0.15, 0.2) is 24.3 Å². The van der Waals surface area contributed by atoms with Crippen LogP contribution in [0.25, 0.3) is 0 Å². The Kier molecular flexibility index (Phi) is 5.92. The summed E-state index contributed by atoms with van der Waals surface area (Å²) in [6.07, 6.45) is 1.44. The van der Waals surface area contributed by atoms with Gasteiger partial charge in [-0.2, -0.15) is 0 Å². The van der Waals surface area contributed by atoms with E-state index < -0.39 is 22.5 Å². The van der Waals surface area contributed by atoms with E-state index in [9.17, 15) is 19.7 Å². The summed E-state index contributed by atoms with van der Waals surface area (Å²) in [6, 6.07) is 5.75. The first-order valence-corrected chi connectivity index (χ1v) is 7.96. The highest BCUT2D eigenvalue weighted by Crippen LogP contribution is 2.30. The lowest BCUT2D eigenvalue weighted by Gasteiger charge is -2.33. The number of hydrogen-bond acceptors (Lipinski definition) is 6. The molecule has 1 aliphatic rings. The predicted molar refractivity (Wildman–Crippen MR) is 87.8 cm³/mol. The second-order valence-corrected chi connectivity index (χ2v) is 6.29. The smallest absolute Gasteiger partial charge is 0.407 e. The highest BCUT2D eigenvalue weighted by molar-refractivity contribution is 5.78. The summed E-state index contributed by atoms with van der Waals surface area (Å²) < 4.78 is 5.06. The molecule has 0 bridgehead atoms. The van der Waals surface area contributed by atoms with Gasteiger partial charge in [-0.3, -0.25) is 14.9 Å². The molecule has 0 aromatic heterocycles. The number of ether oxygens (including phenoxy) is 1. The zero-order valence-electron chi connectivity index (χ0n) is 13.6. The second kappa shape index (κ2) is 7.93. The number of carboxylic acids is 1. The van der Waals surface area contributed by atoms with Gasteiger partial charge in [-0.15, -0.1) is 0 Å². The number of nitro benzene ring substituents is 1. The van der Waals surface area contributed by atoms with Gasteiger partial charge in [-0.1, -0.05) is 0 Å². The minimum absolute atomic E-state index is 0.0133. The van der Waals surface area contributed by atoms with Gasteiger partial charge in [0, 0.05) is 18.7 Å². The molecule has 1 saturated carbocycles. The fourth-order valence-corrected chi connectivity index (χ4v) is 2.75. The Morgan fingerprint density at radius 1 is 1.32 bits per heavy atom. The Hall–Kier alpha value is -2.68. The van der Waals surface area contributed by atoms with E-state index in [0.717, 1.165) is 0 Å². The van der Waals surface area contributed by atoms with E-state index in [1.54, 1.807) is 0 Å². The van der Waals surface area contributed by atoms with E-state index >= 15 is 0 Å². The average molecular weight is 351 g/mol. The van der Waals surface area contributed by atoms with Crippen molar-refractivity contribution in [2.24, 2.45) is 11.7 Å². The van der Waals surface area contributed by atoms with Crippen LogP contribution in [0.3, 0.4) is 0 Å². The highest BCUT2D eigenvalue weighted by atomic mass is 16.6. The first-order chi connectivity index (χ1) is 11.8. The molecule has 136 valence electrons. The molecule has 1 amide bonds. The number of carboxylic acid groups (broad SMARTS) is 1. The van der Waals surface area contributed by atoms with Gasteiger partial charge in [-0.25, -0.2) is 4.79 Å². The van der Waals surface area contributed by atoms with E-state index in [1.165, 1.54) is 24.3 Å². The van der Waals surface area contributed by atoms with E-state index in [0.29, 0.717) is 37.8 Å². The average Bonchev–Trinajstić information content (AvgIpc) is 2.59. The molecule has 0 unspecified atom stereocenters. The second-order valence-electron chi connectivity index (χ2n) is 6.29. The van der Waals surface area contributed by atoms with Crippen LogP contribution in [0, 0.1) is 16.0 Å². The van der Waals surface area contributed by atoms with Gasteiger partial charge in [0.05, 0.1) is 4.92 Å². The fourth-order valence-electron chi connectivity index (χ4n) is 2.75. The van der Waals surface area contributed by atoms with Gasteiger partial charge >= 0.3 is 12.1 Å². The van der Waals surface area contributed by atoms with Crippen LogP contribution in [-0.2, 0) is 16.1 Å². The third kappa shape index (κ3) is 5.15. The zero-order chi connectivity index (χ0) is 18.4. The summed E-state index contributed by atoms with van der Waals surface area (Å²) in [6.45, 7) is 0.411. The minimum atomic E-state index is -1.16. The molecule has 1 aromatic rings. The normalized spacial score (nSPS) is 22.8. The Morgan fingerprint density at radius 2 is 1.92 bits per heavy atom. The van der Waals surface area contributed by atoms with Crippen molar-refractivity contribution in [1.82, 2.24) is 5.32 Å². The monoisotopic (exact) mass is 351 g/mol. The van der Waals surface area contributed by atoms with Crippen molar-refractivity contribution < 1.29 is 24.4 Å². The molecule has 4 N–H and O–H groups in total. The molecule has 0 radical (unpaired) electrons. The number of rotatable bonds is 6. The van der Waals surface area contributed by atoms with Crippen molar-refractivity contribution in [2.45, 2.75) is 37.8 Å². The van der Waals surface area contributed by atoms with Crippen molar-refractivity contribution in [3.63, 3.8) is 0 Å². The number of carbonyl (C=O) groups excluding carboxylic acids is 1. The maximum atomic E-state index is 11.7. The summed E-state index contributed by atoms with van der Waals surface area (Å²) in [4.78, 5) is 32.8. The summed E-state index contributed by atoms with van der Waals surface area (Å²) in [5, 5.41) is 22.3. The Morgan fingerprint density at radius 3 is 2.44 bits per heavy atom. The summed E-state index contributed by atoms with van der Waals surface area (Å²) >= 11 is 0. The van der Waals surface area contributed by atoms with Gasteiger partial charge in [-0.05, 0) is 49.3 Å². The van der Waals surface area contributed by atoms with Crippen LogP contribution in [0.2, 0.25) is 0 Å². The molecule has 0 heterocycles. The van der Waals surface area contributed by atoms with Crippen LogP contribution >= 0.6 is 0 Å². The van der Waals surface area contributed by atoms with Gasteiger partial charge in [0.15, 0.2) is 0 Å². The molecular weight excluding hydrogens is 330 g/mol. The number of hydrogen-bond donors (Lipinski definition) is 3. The van der Waals surface area contributed by atoms with Crippen LogP contribution in [0.1, 0.15) is 31.2 Å². The number of nitro groups is 1. The lowest BCUT2D eigenvalue weighted by molar-refractivity contribution is -0.384. The molecule has 0 saturated heterocycles. The first kappa shape index (κ1) is 18.7. The maximum Gasteiger partial charge on any atom is 0.407 e. The summed E-state index contributed by atoms with van der Waals surface area (Å²) in [5.74, 6) is -0.815. The van der Waals surface area contributed by atoms with Crippen LogP contribution in [0.4, 0.5) is 10.5 Å². The van der Waals surface area contributed by atoms with Crippen LogP contribution in [0.5, 0.6) is 0 Å². The molecule has 9 nitrogen and oxygen atoms in total. The summed E-state index contributed by atoms with van der Waals surface area (Å²) in [7, 11) is 0. The van der Waals surface area contributed by atoms with E-state index in [4.69, 9.17) is 15.6 Å². The third-order valence-corrected chi connectivity index (χ3v) is 4.48. The topological polar surface area (TPSA) is 145 Å². The Labute approximate surface area is 144 Å². The van der Waals surface area contributed by atoms with E-state index in [1.807, 2.05) is 0 Å². The van der Waals surface area contributed by atoms with Crippen molar-refractivity contribution in [3.05, 3.63) is 39.9 Å². The Bertz CT molecular complexity index is 638. The number of non-ortho nitro benzene ring substituents is 1. The number of nitrogens with zero attached hydrogens (tertiary/aromatic N) is 1. The molecule has 0 spiro atoms. The lowest BCUT2D eigenvalue weighted by atomic mass is 9.77. The number of carbonyl (C=O) groups is 2. The number of benzene rings is 1. The molecule has 1 aromatic carbocycles. The predicted octanol–water partition coefficient (Wildman–Crippen LogP) is 1.79. The van der Waals surface area contributed by atoms with Crippen molar-refractivity contribution in [2.75, 3.05) is 6.54 Å². The van der Waals surface area contributed by atoms with Gasteiger partial charge in [0.1, 0.15) is 12.1 Å². The quantitative estimate of drug-likeness (QED) is 0.523. The standard InChI is InChI=1S/C16H21N3O6/c17-16(14(20)21)7-5-11(6-8-16)9-18-15(22)25-10-12-1-3-13(4-2-12)19(23)24/h1-4,11H,5-10,17H2,(H,18,22)(H,20,21)/t11-,16+. The van der Waals surface area contributed by atoms with Gasteiger partial charge in [0.25, 0.3) is 5.69 Å². The zero-order valence-corrected chi connectivity index (χ0v) is 13.6. The number of aliphatic carboxylic acids is 1. The SMILES string of the molecule is N[C@]1(C(=O)O)CC[C@H](CNC(=O)OCc2ccc([N+](=O)[O-])cc2)CC1. The maximum absolute atomic E-state index is 11.7.